The van der Waals surface area contributed by atoms with Crippen LogP contribution in [-0.2, 0) is 6.54 Å². The van der Waals surface area contributed by atoms with Crippen LogP contribution in [0.5, 0.6) is 0 Å². The summed E-state index contributed by atoms with van der Waals surface area (Å²) in [7, 11) is 0. The van der Waals surface area contributed by atoms with E-state index in [-0.39, 0.29) is 6.42 Å². The molecule has 0 aliphatic carbocycles. The van der Waals surface area contributed by atoms with Gasteiger partial charge in [0.1, 0.15) is 0 Å². The van der Waals surface area contributed by atoms with Gasteiger partial charge in [-0.1, -0.05) is 6.07 Å². The van der Waals surface area contributed by atoms with E-state index in [0.717, 1.165) is 16.1 Å². The second kappa shape index (κ2) is 6.90. The van der Waals surface area contributed by atoms with Gasteiger partial charge in [-0.3, -0.25) is 5.10 Å². The van der Waals surface area contributed by atoms with Gasteiger partial charge in [-0.2, -0.15) is 18.3 Å². The number of alkyl halides is 3. The van der Waals surface area contributed by atoms with E-state index in [9.17, 15) is 13.2 Å². The lowest BCUT2D eigenvalue weighted by molar-refractivity contribution is -0.135. The van der Waals surface area contributed by atoms with Gasteiger partial charge < -0.3 is 5.32 Å². The summed E-state index contributed by atoms with van der Waals surface area (Å²) < 4.78 is 35.9. The molecule has 0 bridgehead atoms. The summed E-state index contributed by atoms with van der Waals surface area (Å²) >= 11 is 1.62. The number of halogens is 3. The molecule has 0 fully saturated rings. The number of hydrogen-bond acceptors (Lipinski definition) is 3. The third-order valence-electron chi connectivity index (χ3n) is 2.86. The van der Waals surface area contributed by atoms with Crippen LogP contribution in [0.3, 0.4) is 0 Å². The Hall–Kier alpha value is -1.34. The number of unbranched alkanes of at least 4 members (excludes halogenated alkanes) is 1. The second-order valence-corrected chi connectivity index (χ2v) is 5.44. The number of nitrogens with zero attached hydrogens (tertiary/aromatic N) is 1. The highest BCUT2D eigenvalue weighted by Gasteiger charge is 2.25. The SMILES string of the molecule is FC(F)(F)CCCCNCc1cn[nH]c1-c1cccs1. The molecule has 20 heavy (non-hydrogen) atoms. The van der Waals surface area contributed by atoms with Crippen LogP contribution in [0.1, 0.15) is 24.8 Å². The topological polar surface area (TPSA) is 40.7 Å². The number of aromatic nitrogens is 2. The molecule has 2 heterocycles. The molecule has 0 amide bonds. The highest BCUT2D eigenvalue weighted by molar-refractivity contribution is 7.13. The first-order chi connectivity index (χ1) is 9.56. The van der Waals surface area contributed by atoms with Gasteiger partial charge >= 0.3 is 6.18 Å². The van der Waals surface area contributed by atoms with Crippen molar-refractivity contribution in [2.45, 2.75) is 32.0 Å². The van der Waals surface area contributed by atoms with Crippen molar-refractivity contribution < 1.29 is 13.2 Å². The maximum atomic E-state index is 12.0. The Balaban J connectivity index is 1.72. The first-order valence-electron chi connectivity index (χ1n) is 6.40. The standard InChI is InChI=1S/C13H16F3N3S/c14-13(15,16)5-1-2-6-17-8-10-9-18-19-12(10)11-4-3-7-20-11/h3-4,7,9,17H,1-2,5-6,8H2,(H,18,19). The normalized spacial score (nSPS) is 11.9. The van der Waals surface area contributed by atoms with Crippen molar-refractivity contribution in [2.24, 2.45) is 0 Å². The van der Waals surface area contributed by atoms with E-state index in [0.29, 0.717) is 19.5 Å². The fourth-order valence-corrected chi connectivity index (χ4v) is 2.63. The summed E-state index contributed by atoms with van der Waals surface area (Å²) in [5.41, 5.74) is 2.01. The van der Waals surface area contributed by atoms with Crippen molar-refractivity contribution in [3.05, 3.63) is 29.3 Å². The minimum Gasteiger partial charge on any atom is -0.313 e. The molecule has 0 aliphatic rings. The molecule has 0 atom stereocenters. The first kappa shape index (κ1) is 15.1. The average molecular weight is 303 g/mol. The lowest BCUT2D eigenvalue weighted by Gasteiger charge is -2.07. The number of nitrogens with one attached hydrogen (secondary N) is 2. The fraction of sp³-hybridized carbons (Fsp3) is 0.462. The molecule has 2 aromatic rings. The van der Waals surface area contributed by atoms with Crippen LogP contribution in [-0.4, -0.2) is 22.9 Å². The summed E-state index contributed by atoms with van der Waals surface area (Å²) in [4.78, 5) is 1.11. The maximum absolute atomic E-state index is 12.0. The van der Waals surface area contributed by atoms with Gasteiger partial charge in [0.2, 0.25) is 0 Å². The Labute approximate surface area is 119 Å². The van der Waals surface area contributed by atoms with E-state index < -0.39 is 12.6 Å². The predicted octanol–water partition coefficient (Wildman–Crippen LogP) is 3.96. The lowest BCUT2D eigenvalue weighted by Crippen LogP contribution is -2.16. The monoisotopic (exact) mass is 303 g/mol. The molecular weight excluding hydrogens is 287 g/mol. The number of aromatic amines is 1. The summed E-state index contributed by atoms with van der Waals surface area (Å²) in [6.07, 6.45) is -2.32. The molecule has 110 valence electrons. The minimum absolute atomic E-state index is 0.166. The van der Waals surface area contributed by atoms with E-state index in [4.69, 9.17) is 0 Å². The van der Waals surface area contributed by atoms with Gasteiger partial charge in [0, 0.05) is 18.5 Å². The third-order valence-corrected chi connectivity index (χ3v) is 3.75. The van der Waals surface area contributed by atoms with E-state index >= 15 is 0 Å². The Morgan fingerprint density at radius 2 is 2.15 bits per heavy atom. The van der Waals surface area contributed by atoms with Gasteiger partial charge in [-0.15, -0.1) is 11.3 Å². The van der Waals surface area contributed by atoms with E-state index in [2.05, 4.69) is 15.5 Å². The van der Waals surface area contributed by atoms with Gasteiger partial charge in [0.05, 0.1) is 16.8 Å². The highest BCUT2D eigenvalue weighted by atomic mass is 32.1. The molecular formula is C13H16F3N3S. The van der Waals surface area contributed by atoms with Gasteiger partial charge in [-0.25, -0.2) is 0 Å². The van der Waals surface area contributed by atoms with Gasteiger partial charge in [0.25, 0.3) is 0 Å². The zero-order valence-electron chi connectivity index (χ0n) is 10.8. The van der Waals surface area contributed by atoms with Crippen LogP contribution in [0.2, 0.25) is 0 Å². The smallest absolute Gasteiger partial charge is 0.313 e. The quantitative estimate of drug-likeness (QED) is 0.760. The van der Waals surface area contributed by atoms with Crippen molar-refractivity contribution in [3.63, 3.8) is 0 Å². The summed E-state index contributed by atoms with van der Waals surface area (Å²) in [5.74, 6) is 0. The predicted molar refractivity (Wildman–Crippen MR) is 73.5 cm³/mol. The molecule has 0 radical (unpaired) electrons. The molecule has 0 unspecified atom stereocenters. The first-order valence-corrected chi connectivity index (χ1v) is 7.28. The summed E-state index contributed by atoms with van der Waals surface area (Å²) in [6.45, 7) is 1.18. The Morgan fingerprint density at radius 1 is 1.30 bits per heavy atom. The van der Waals surface area contributed by atoms with Crippen molar-refractivity contribution >= 4 is 11.3 Å². The van der Waals surface area contributed by atoms with E-state index in [1.54, 1.807) is 17.5 Å². The zero-order chi connectivity index (χ0) is 14.4. The Bertz CT molecular complexity index is 505. The molecule has 2 N–H and O–H groups in total. The number of hydrogen-bond donors (Lipinski definition) is 2. The fourth-order valence-electron chi connectivity index (χ4n) is 1.88. The Kier molecular flexibility index (Phi) is 5.19. The minimum atomic E-state index is -4.04. The summed E-state index contributed by atoms with van der Waals surface area (Å²) in [6, 6.07) is 3.97. The molecule has 7 heteroatoms. The van der Waals surface area contributed by atoms with Gasteiger partial charge in [-0.05, 0) is 30.8 Å². The van der Waals surface area contributed by atoms with Crippen molar-refractivity contribution in [2.75, 3.05) is 6.54 Å². The van der Waals surface area contributed by atoms with Crippen LogP contribution in [0, 0.1) is 0 Å². The zero-order valence-corrected chi connectivity index (χ0v) is 11.7. The molecule has 2 aromatic heterocycles. The number of thiophene rings is 1. The van der Waals surface area contributed by atoms with E-state index in [1.807, 2.05) is 17.5 Å². The molecule has 0 saturated carbocycles. The van der Waals surface area contributed by atoms with Crippen LogP contribution in [0.15, 0.2) is 23.7 Å². The van der Waals surface area contributed by atoms with Crippen LogP contribution < -0.4 is 5.32 Å². The third kappa shape index (κ3) is 4.64. The van der Waals surface area contributed by atoms with Gasteiger partial charge in [0.15, 0.2) is 0 Å². The largest absolute Gasteiger partial charge is 0.389 e. The molecule has 3 nitrogen and oxygen atoms in total. The molecule has 0 saturated heterocycles. The average Bonchev–Trinajstić information content (AvgIpc) is 3.02. The van der Waals surface area contributed by atoms with Crippen molar-refractivity contribution in [1.29, 1.82) is 0 Å². The molecule has 0 aromatic carbocycles. The van der Waals surface area contributed by atoms with E-state index in [1.165, 1.54) is 0 Å². The number of H-pyrrole nitrogens is 1. The number of rotatable bonds is 7. The second-order valence-electron chi connectivity index (χ2n) is 4.50. The van der Waals surface area contributed by atoms with Crippen LogP contribution in [0.25, 0.3) is 10.6 Å². The molecule has 0 aliphatic heterocycles. The maximum Gasteiger partial charge on any atom is 0.389 e. The van der Waals surface area contributed by atoms with Crippen LogP contribution >= 0.6 is 11.3 Å². The molecule has 0 spiro atoms. The van der Waals surface area contributed by atoms with Crippen molar-refractivity contribution in [3.8, 4) is 10.6 Å². The van der Waals surface area contributed by atoms with Crippen LogP contribution in [0.4, 0.5) is 13.2 Å². The Morgan fingerprint density at radius 3 is 2.85 bits per heavy atom. The lowest BCUT2D eigenvalue weighted by atomic mass is 10.2. The molecule has 2 rings (SSSR count). The summed E-state index contributed by atoms with van der Waals surface area (Å²) in [5, 5.41) is 12.1. The highest BCUT2D eigenvalue weighted by Crippen LogP contribution is 2.25. The van der Waals surface area contributed by atoms with Crippen molar-refractivity contribution in [1.82, 2.24) is 15.5 Å².